The molecule has 0 saturated carbocycles. The molecule has 0 unspecified atom stereocenters. The molecule has 0 spiro atoms. The maximum atomic E-state index is 5.72. The molecule has 2 heteroatoms. The molecular formula is C11H16BrN. The van der Waals surface area contributed by atoms with Crippen LogP contribution in [-0.2, 0) is 6.42 Å². The molecule has 1 rings (SSSR count). The lowest BCUT2D eigenvalue weighted by molar-refractivity contribution is 0.664. The highest BCUT2D eigenvalue weighted by molar-refractivity contribution is 9.10. The lowest BCUT2D eigenvalue weighted by Gasteiger charge is -2.08. The smallest absolute Gasteiger partial charge is 0.0178 e. The lowest BCUT2D eigenvalue weighted by atomic mass is 10.0. The lowest BCUT2D eigenvalue weighted by Crippen LogP contribution is -2.15. The Hall–Kier alpha value is -0.340. The summed E-state index contributed by atoms with van der Waals surface area (Å²) in [5.74, 6) is 0. The van der Waals surface area contributed by atoms with E-state index in [2.05, 4.69) is 41.1 Å². The first-order valence-electron chi connectivity index (χ1n) is 4.60. The maximum absolute atomic E-state index is 5.72. The van der Waals surface area contributed by atoms with Crippen molar-refractivity contribution in [3.63, 3.8) is 0 Å². The third-order valence-electron chi connectivity index (χ3n) is 2.18. The number of hydrogen-bond acceptors (Lipinski definition) is 1. The summed E-state index contributed by atoms with van der Waals surface area (Å²) in [6.07, 6.45) is 2.13. The van der Waals surface area contributed by atoms with Crippen LogP contribution in [0.2, 0.25) is 0 Å². The van der Waals surface area contributed by atoms with Crippen molar-refractivity contribution in [2.75, 3.05) is 0 Å². The van der Waals surface area contributed by atoms with E-state index in [1.54, 1.807) is 0 Å². The van der Waals surface area contributed by atoms with E-state index in [0.717, 1.165) is 17.3 Å². The van der Waals surface area contributed by atoms with Gasteiger partial charge >= 0.3 is 0 Å². The van der Waals surface area contributed by atoms with Gasteiger partial charge in [0, 0.05) is 10.5 Å². The van der Waals surface area contributed by atoms with E-state index in [1.165, 1.54) is 11.1 Å². The fourth-order valence-corrected chi connectivity index (χ4v) is 1.70. The summed E-state index contributed by atoms with van der Waals surface area (Å²) in [6, 6.07) is 6.68. The predicted molar refractivity (Wildman–Crippen MR) is 60.8 cm³/mol. The highest BCUT2D eigenvalue weighted by Gasteiger charge is 2.01. The van der Waals surface area contributed by atoms with E-state index in [9.17, 15) is 0 Å². The SMILES string of the molecule is Cc1ccc(Br)cc1CC[C@H](C)N. The molecule has 2 N–H and O–H groups in total. The van der Waals surface area contributed by atoms with Crippen LogP contribution in [0.4, 0.5) is 0 Å². The van der Waals surface area contributed by atoms with Crippen LogP contribution in [0.5, 0.6) is 0 Å². The highest BCUT2D eigenvalue weighted by Crippen LogP contribution is 2.17. The van der Waals surface area contributed by atoms with E-state index in [0.29, 0.717) is 6.04 Å². The molecule has 1 nitrogen and oxygen atoms in total. The molecule has 1 atom stereocenters. The second kappa shape index (κ2) is 4.77. The van der Waals surface area contributed by atoms with Crippen molar-refractivity contribution in [1.82, 2.24) is 0 Å². The molecule has 13 heavy (non-hydrogen) atoms. The third-order valence-corrected chi connectivity index (χ3v) is 2.67. The van der Waals surface area contributed by atoms with Crippen molar-refractivity contribution in [2.45, 2.75) is 32.7 Å². The number of hydrogen-bond donors (Lipinski definition) is 1. The molecule has 72 valence electrons. The number of rotatable bonds is 3. The first-order valence-corrected chi connectivity index (χ1v) is 5.39. The molecule has 0 aliphatic carbocycles. The van der Waals surface area contributed by atoms with Crippen molar-refractivity contribution in [1.29, 1.82) is 0 Å². The molecule has 0 heterocycles. The van der Waals surface area contributed by atoms with Crippen molar-refractivity contribution in [3.05, 3.63) is 33.8 Å². The second-order valence-electron chi connectivity index (χ2n) is 3.59. The van der Waals surface area contributed by atoms with E-state index >= 15 is 0 Å². The maximum Gasteiger partial charge on any atom is 0.0178 e. The van der Waals surface area contributed by atoms with E-state index in [4.69, 9.17) is 5.73 Å². The van der Waals surface area contributed by atoms with Gasteiger partial charge in [-0.2, -0.15) is 0 Å². The minimum absolute atomic E-state index is 0.290. The van der Waals surface area contributed by atoms with Gasteiger partial charge in [-0.05, 0) is 49.9 Å². The van der Waals surface area contributed by atoms with Crippen LogP contribution >= 0.6 is 15.9 Å². The summed E-state index contributed by atoms with van der Waals surface area (Å²) in [7, 11) is 0. The molecule has 0 aliphatic rings. The largest absolute Gasteiger partial charge is 0.328 e. The molecule has 0 aromatic heterocycles. The fourth-order valence-electron chi connectivity index (χ4n) is 1.29. The third kappa shape index (κ3) is 3.49. The average Bonchev–Trinajstić information content (AvgIpc) is 2.06. The first kappa shape index (κ1) is 10.7. The number of aryl methyl sites for hydroxylation is 2. The van der Waals surface area contributed by atoms with Gasteiger partial charge in [0.15, 0.2) is 0 Å². The zero-order valence-corrected chi connectivity index (χ0v) is 9.76. The van der Waals surface area contributed by atoms with E-state index in [1.807, 2.05) is 6.92 Å². The van der Waals surface area contributed by atoms with Gasteiger partial charge < -0.3 is 5.73 Å². The molecule has 0 radical (unpaired) electrons. The minimum Gasteiger partial charge on any atom is -0.328 e. The Morgan fingerprint density at radius 2 is 2.15 bits per heavy atom. The van der Waals surface area contributed by atoms with Crippen molar-refractivity contribution in [3.8, 4) is 0 Å². The molecular weight excluding hydrogens is 226 g/mol. The average molecular weight is 242 g/mol. The van der Waals surface area contributed by atoms with Crippen LogP contribution < -0.4 is 5.73 Å². The Labute approximate surface area is 88.5 Å². The van der Waals surface area contributed by atoms with Crippen molar-refractivity contribution in [2.24, 2.45) is 5.73 Å². The van der Waals surface area contributed by atoms with Crippen LogP contribution in [0, 0.1) is 6.92 Å². The zero-order valence-electron chi connectivity index (χ0n) is 8.18. The fraction of sp³-hybridized carbons (Fsp3) is 0.455. The normalized spacial score (nSPS) is 12.9. The predicted octanol–water partition coefficient (Wildman–Crippen LogP) is 3.04. The summed E-state index contributed by atoms with van der Waals surface area (Å²) in [5.41, 5.74) is 8.46. The topological polar surface area (TPSA) is 26.0 Å². The van der Waals surface area contributed by atoms with Gasteiger partial charge in [0.2, 0.25) is 0 Å². The highest BCUT2D eigenvalue weighted by atomic mass is 79.9. The van der Waals surface area contributed by atoms with E-state index in [-0.39, 0.29) is 0 Å². The first-order chi connectivity index (χ1) is 6.09. The van der Waals surface area contributed by atoms with Gasteiger partial charge in [0.1, 0.15) is 0 Å². The van der Waals surface area contributed by atoms with Crippen molar-refractivity contribution >= 4 is 15.9 Å². The molecule has 0 bridgehead atoms. The van der Waals surface area contributed by atoms with Crippen LogP contribution in [0.15, 0.2) is 22.7 Å². The van der Waals surface area contributed by atoms with Crippen LogP contribution in [0.3, 0.4) is 0 Å². The molecule has 0 fully saturated rings. The quantitative estimate of drug-likeness (QED) is 0.866. The van der Waals surface area contributed by atoms with E-state index < -0.39 is 0 Å². The Kier molecular flexibility index (Phi) is 3.94. The van der Waals surface area contributed by atoms with Gasteiger partial charge in [-0.15, -0.1) is 0 Å². The summed E-state index contributed by atoms with van der Waals surface area (Å²) in [5, 5.41) is 0. The molecule has 0 aliphatic heterocycles. The van der Waals surface area contributed by atoms with Crippen LogP contribution in [0.25, 0.3) is 0 Å². The monoisotopic (exact) mass is 241 g/mol. The Bertz CT molecular complexity index is 281. The van der Waals surface area contributed by atoms with Gasteiger partial charge in [-0.25, -0.2) is 0 Å². The molecule has 1 aromatic carbocycles. The zero-order chi connectivity index (χ0) is 9.84. The standard InChI is InChI=1S/C11H16BrN/c1-8-3-6-11(12)7-10(8)5-4-9(2)13/h3,6-7,9H,4-5,13H2,1-2H3/t9-/m0/s1. The van der Waals surface area contributed by atoms with Crippen molar-refractivity contribution < 1.29 is 0 Å². The number of benzene rings is 1. The summed E-state index contributed by atoms with van der Waals surface area (Å²) < 4.78 is 1.15. The Balaban J connectivity index is 2.70. The Morgan fingerprint density at radius 3 is 2.77 bits per heavy atom. The number of nitrogens with two attached hydrogens (primary N) is 1. The summed E-state index contributed by atoms with van der Waals surface area (Å²) in [6.45, 7) is 4.19. The summed E-state index contributed by atoms with van der Waals surface area (Å²) in [4.78, 5) is 0. The number of halogens is 1. The van der Waals surface area contributed by atoms with Gasteiger partial charge in [0.05, 0.1) is 0 Å². The Morgan fingerprint density at radius 1 is 1.46 bits per heavy atom. The second-order valence-corrected chi connectivity index (χ2v) is 4.50. The minimum atomic E-state index is 0.290. The summed E-state index contributed by atoms with van der Waals surface area (Å²) >= 11 is 3.47. The van der Waals surface area contributed by atoms with Crippen LogP contribution in [-0.4, -0.2) is 6.04 Å². The van der Waals surface area contributed by atoms with Crippen LogP contribution in [0.1, 0.15) is 24.5 Å². The van der Waals surface area contributed by atoms with Gasteiger partial charge in [0.25, 0.3) is 0 Å². The molecule has 1 aromatic rings. The molecule has 0 saturated heterocycles. The van der Waals surface area contributed by atoms with Gasteiger partial charge in [-0.1, -0.05) is 22.0 Å². The molecule has 0 amide bonds. The van der Waals surface area contributed by atoms with Gasteiger partial charge in [-0.3, -0.25) is 0 Å².